The average molecular weight is 264 g/mol. The van der Waals surface area contributed by atoms with E-state index in [0.717, 1.165) is 0 Å². The first-order chi connectivity index (χ1) is 9.13. The van der Waals surface area contributed by atoms with Crippen LogP contribution in [0.25, 0.3) is 0 Å². The van der Waals surface area contributed by atoms with Crippen molar-refractivity contribution in [2.24, 2.45) is 0 Å². The molecule has 2 rings (SSSR count). The van der Waals surface area contributed by atoms with Crippen LogP contribution in [0.15, 0.2) is 18.2 Å². The van der Waals surface area contributed by atoms with Crippen molar-refractivity contribution in [2.45, 2.75) is 19.1 Å². The Balaban J connectivity index is 2.18. The molecule has 0 aromatic heterocycles. The molecule has 5 heteroatoms. The van der Waals surface area contributed by atoms with Crippen LogP contribution in [0.4, 0.5) is 10.1 Å². The smallest absolute Gasteiger partial charge is 0.147 e. The Morgan fingerprint density at radius 3 is 2.95 bits per heavy atom. The minimum atomic E-state index is -0.371. The van der Waals surface area contributed by atoms with E-state index in [-0.39, 0.29) is 18.0 Å². The van der Waals surface area contributed by atoms with Crippen LogP contribution in [-0.2, 0) is 9.47 Å². The summed E-state index contributed by atoms with van der Waals surface area (Å²) in [6.07, 6.45) is -0.0484. The van der Waals surface area contributed by atoms with E-state index in [1.54, 1.807) is 19.2 Å². The van der Waals surface area contributed by atoms with Gasteiger partial charge in [-0.05, 0) is 25.1 Å². The SMILES string of the molecule is COCC1CN(c2ccc(C#N)cc2F)CC(C)O1. The zero-order valence-corrected chi connectivity index (χ0v) is 11.1. The lowest BCUT2D eigenvalue weighted by molar-refractivity contribution is -0.0512. The molecule has 1 heterocycles. The van der Waals surface area contributed by atoms with Gasteiger partial charge in [0.2, 0.25) is 0 Å². The van der Waals surface area contributed by atoms with Gasteiger partial charge in [0.15, 0.2) is 0 Å². The highest BCUT2D eigenvalue weighted by Gasteiger charge is 2.26. The van der Waals surface area contributed by atoms with Crippen LogP contribution in [0.1, 0.15) is 12.5 Å². The average Bonchev–Trinajstić information content (AvgIpc) is 2.38. The van der Waals surface area contributed by atoms with Crippen molar-refractivity contribution in [1.29, 1.82) is 5.26 Å². The predicted octanol–water partition coefficient (Wildman–Crippen LogP) is 1.94. The molecule has 1 saturated heterocycles. The number of benzene rings is 1. The summed E-state index contributed by atoms with van der Waals surface area (Å²) in [5.74, 6) is -0.371. The Morgan fingerprint density at radius 1 is 1.53 bits per heavy atom. The van der Waals surface area contributed by atoms with Crippen molar-refractivity contribution in [3.05, 3.63) is 29.6 Å². The molecule has 102 valence electrons. The normalized spacial score (nSPS) is 23.2. The standard InChI is InChI=1S/C14H17FN2O2/c1-10-7-17(8-12(19-10)9-18-2)14-4-3-11(6-16)5-13(14)15/h3-5,10,12H,7-9H2,1-2H3. The summed E-state index contributed by atoms with van der Waals surface area (Å²) < 4.78 is 24.8. The number of rotatable bonds is 3. The number of hydrogen-bond donors (Lipinski definition) is 0. The van der Waals surface area contributed by atoms with Crippen LogP contribution in [-0.4, -0.2) is 39.0 Å². The summed E-state index contributed by atoms with van der Waals surface area (Å²) >= 11 is 0. The van der Waals surface area contributed by atoms with Gasteiger partial charge in [-0.25, -0.2) is 4.39 Å². The first-order valence-electron chi connectivity index (χ1n) is 6.23. The fraction of sp³-hybridized carbons (Fsp3) is 0.500. The second-order valence-corrected chi connectivity index (χ2v) is 4.71. The quantitative estimate of drug-likeness (QED) is 0.837. The lowest BCUT2D eigenvalue weighted by atomic mass is 10.1. The number of anilines is 1. The Hall–Kier alpha value is -1.64. The van der Waals surface area contributed by atoms with Crippen molar-refractivity contribution < 1.29 is 13.9 Å². The van der Waals surface area contributed by atoms with E-state index in [9.17, 15) is 4.39 Å². The molecule has 0 radical (unpaired) electrons. The first-order valence-corrected chi connectivity index (χ1v) is 6.23. The number of nitrogens with zero attached hydrogens (tertiary/aromatic N) is 2. The number of nitriles is 1. The molecule has 0 N–H and O–H groups in total. The zero-order chi connectivity index (χ0) is 13.8. The van der Waals surface area contributed by atoms with Gasteiger partial charge in [0.25, 0.3) is 0 Å². The van der Waals surface area contributed by atoms with E-state index in [0.29, 0.717) is 30.9 Å². The van der Waals surface area contributed by atoms with E-state index in [1.807, 2.05) is 17.9 Å². The number of halogens is 1. The van der Waals surface area contributed by atoms with Gasteiger partial charge in [-0.15, -0.1) is 0 Å². The van der Waals surface area contributed by atoms with Crippen molar-refractivity contribution >= 4 is 5.69 Å². The van der Waals surface area contributed by atoms with E-state index in [4.69, 9.17) is 14.7 Å². The minimum Gasteiger partial charge on any atom is -0.382 e. The van der Waals surface area contributed by atoms with Gasteiger partial charge in [-0.2, -0.15) is 5.26 Å². The fourth-order valence-corrected chi connectivity index (χ4v) is 2.35. The molecule has 1 fully saturated rings. The molecule has 1 aromatic carbocycles. The molecule has 0 saturated carbocycles. The number of ether oxygens (including phenoxy) is 2. The molecule has 0 amide bonds. The summed E-state index contributed by atoms with van der Waals surface area (Å²) in [6.45, 7) is 3.65. The lowest BCUT2D eigenvalue weighted by Crippen LogP contribution is -2.48. The van der Waals surface area contributed by atoms with Crippen molar-refractivity contribution in [3.63, 3.8) is 0 Å². The highest BCUT2D eigenvalue weighted by molar-refractivity contribution is 5.51. The first kappa shape index (κ1) is 13.8. The van der Waals surface area contributed by atoms with Crippen LogP contribution in [0.5, 0.6) is 0 Å². The highest BCUT2D eigenvalue weighted by Crippen LogP contribution is 2.24. The molecule has 0 bridgehead atoms. The molecule has 2 unspecified atom stereocenters. The molecule has 1 aliphatic heterocycles. The maximum absolute atomic E-state index is 14.0. The van der Waals surface area contributed by atoms with Gasteiger partial charge in [-0.3, -0.25) is 0 Å². The van der Waals surface area contributed by atoms with Gasteiger partial charge in [0.05, 0.1) is 36.1 Å². The topological polar surface area (TPSA) is 45.5 Å². The van der Waals surface area contributed by atoms with Crippen molar-refractivity contribution in [1.82, 2.24) is 0 Å². The van der Waals surface area contributed by atoms with Gasteiger partial charge >= 0.3 is 0 Å². The Labute approximate surface area is 112 Å². The third-order valence-corrected chi connectivity index (χ3v) is 3.10. The molecule has 1 aromatic rings. The molecule has 4 nitrogen and oxygen atoms in total. The van der Waals surface area contributed by atoms with Crippen molar-refractivity contribution in [3.8, 4) is 6.07 Å². The van der Waals surface area contributed by atoms with Gasteiger partial charge in [0.1, 0.15) is 5.82 Å². The van der Waals surface area contributed by atoms with E-state index in [2.05, 4.69) is 0 Å². The molecular formula is C14H17FN2O2. The lowest BCUT2D eigenvalue weighted by Gasteiger charge is -2.38. The van der Waals surface area contributed by atoms with Crippen molar-refractivity contribution in [2.75, 3.05) is 31.7 Å². The van der Waals surface area contributed by atoms with E-state index < -0.39 is 0 Å². The van der Waals surface area contributed by atoms with Gasteiger partial charge in [0, 0.05) is 20.2 Å². The summed E-state index contributed by atoms with van der Waals surface area (Å²) in [5, 5.41) is 8.75. The third kappa shape index (κ3) is 3.22. The number of hydrogen-bond acceptors (Lipinski definition) is 4. The molecule has 1 aliphatic rings. The monoisotopic (exact) mass is 264 g/mol. The number of methoxy groups -OCH3 is 1. The predicted molar refractivity (Wildman–Crippen MR) is 69.5 cm³/mol. The van der Waals surface area contributed by atoms with Crippen LogP contribution in [0.2, 0.25) is 0 Å². The maximum Gasteiger partial charge on any atom is 0.147 e. The van der Waals surface area contributed by atoms with Gasteiger partial charge in [-0.1, -0.05) is 0 Å². The van der Waals surface area contributed by atoms with Crippen LogP contribution in [0.3, 0.4) is 0 Å². The summed E-state index contributed by atoms with van der Waals surface area (Å²) in [5.41, 5.74) is 0.839. The highest BCUT2D eigenvalue weighted by atomic mass is 19.1. The maximum atomic E-state index is 14.0. The number of morpholine rings is 1. The fourth-order valence-electron chi connectivity index (χ4n) is 2.35. The zero-order valence-electron chi connectivity index (χ0n) is 11.1. The molecule has 0 aliphatic carbocycles. The van der Waals surface area contributed by atoms with Crippen LogP contribution in [0, 0.1) is 17.1 Å². The summed E-state index contributed by atoms with van der Waals surface area (Å²) in [7, 11) is 1.62. The molecule has 2 atom stereocenters. The Morgan fingerprint density at radius 2 is 2.32 bits per heavy atom. The second-order valence-electron chi connectivity index (χ2n) is 4.71. The van der Waals surface area contributed by atoms with E-state index >= 15 is 0 Å². The van der Waals surface area contributed by atoms with Gasteiger partial charge < -0.3 is 14.4 Å². The molecular weight excluding hydrogens is 247 g/mol. The van der Waals surface area contributed by atoms with E-state index in [1.165, 1.54) is 6.07 Å². The van der Waals surface area contributed by atoms with Crippen LogP contribution < -0.4 is 4.90 Å². The Bertz CT molecular complexity index is 487. The third-order valence-electron chi connectivity index (χ3n) is 3.10. The minimum absolute atomic E-state index is 0.0175. The summed E-state index contributed by atoms with van der Waals surface area (Å²) in [4.78, 5) is 1.94. The Kier molecular flexibility index (Phi) is 4.35. The second kappa shape index (κ2) is 6.00. The largest absolute Gasteiger partial charge is 0.382 e. The summed E-state index contributed by atoms with van der Waals surface area (Å²) in [6, 6.07) is 6.47. The molecule has 0 spiro atoms. The van der Waals surface area contributed by atoms with Crippen LogP contribution >= 0.6 is 0 Å². The molecule has 19 heavy (non-hydrogen) atoms.